The molecule has 34 heavy (non-hydrogen) atoms. The molecular weight excluding hydrogens is 552 g/mol. The number of halogens is 3. The van der Waals surface area contributed by atoms with Crippen LogP contribution in [-0.4, -0.2) is 9.38 Å². The number of aryl methyl sites for hydroxylation is 1. The lowest BCUT2D eigenvalue weighted by Crippen LogP contribution is -2.25. The van der Waals surface area contributed by atoms with E-state index in [-0.39, 0.29) is 0 Å². The van der Waals surface area contributed by atoms with Crippen molar-refractivity contribution in [2.75, 3.05) is 0 Å². The molecule has 0 unspecified atom stereocenters. The summed E-state index contributed by atoms with van der Waals surface area (Å²) in [5.41, 5.74) is 3.00. The number of aromatic nitrogens is 2. The minimum Gasteiger partial charge on any atom is -0.450 e. The highest BCUT2D eigenvalue weighted by molar-refractivity contribution is 9.10. The molecule has 0 aliphatic rings. The number of benzene rings is 3. The summed E-state index contributed by atoms with van der Waals surface area (Å²) in [6.07, 6.45) is 1.98. The van der Waals surface area contributed by atoms with Crippen molar-refractivity contribution in [3.05, 3.63) is 117 Å². The van der Waals surface area contributed by atoms with Gasteiger partial charge in [-0.25, -0.2) is 9.73 Å². The van der Waals surface area contributed by atoms with E-state index in [1.165, 1.54) is 0 Å². The lowest BCUT2D eigenvalue weighted by atomic mass is 10.3. The van der Waals surface area contributed by atoms with Crippen molar-refractivity contribution in [2.45, 2.75) is 6.92 Å². The van der Waals surface area contributed by atoms with Crippen molar-refractivity contribution in [3.63, 3.8) is 0 Å². The van der Waals surface area contributed by atoms with Crippen molar-refractivity contribution < 1.29 is 4.52 Å². The predicted octanol–water partition coefficient (Wildman–Crippen LogP) is 8.19. The minimum absolute atomic E-state index is 0.457. The van der Waals surface area contributed by atoms with Gasteiger partial charge in [0.15, 0.2) is 0 Å². The van der Waals surface area contributed by atoms with Crippen LogP contribution in [0.4, 0.5) is 5.69 Å². The van der Waals surface area contributed by atoms with Crippen LogP contribution in [0.15, 0.2) is 106 Å². The third kappa shape index (κ3) is 4.30. The maximum absolute atomic E-state index is 6.94. The van der Waals surface area contributed by atoms with Gasteiger partial charge in [-0.05, 0) is 67.6 Å². The summed E-state index contributed by atoms with van der Waals surface area (Å²) in [4.78, 5) is 4.82. The van der Waals surface area contributed by atoms with Crippen molar-refractivity contribution in [2.24, 2.45) is 4.74 Å². The molecule has 0 aliphatic carbocycles. The second kappa shape index (κ2) is 9.59. The van der Waals surface area contributed by atoms with E-state index >= 15 is 0 Å². The van der Waals surface area contributed by atoms with Crippen LogP contribution < -0.4 is 15.3 Å². The first-order valence-electron chi connectivity index (χ1n) is 10.5. The molecule has 5 aromatic rings. The van der Waals surface area contributed by atoms with Crippen LogP contribution in [0.5, 0.6) is 5.75 Å². The summed E-state index contributed by atoms with van der Waals surface area (Å²) in [5.74, 6) is 0.678. The van der Waals surface area contributed by atoms with Gasteiger partial charge in [-0.15, -0.1) is 0 Å². The van der Waals surface area contributed by atoms with Gasteiger partial charge in [0, 0.05) is 16.0 Å². The molecular formula is C26H19BrCl2N3OP. The zero-order valence-electron chi connectivity index (χ0n) is 18.1. The van der Waals surface area contributed by atoms with Crippen molar-refractivity contribution in [1.29, 1.82) is 0 Å². The summed E-state index contributed by atoms with van der Waals surface area (Å²) in [6, 6.07) is 29.0. The summed E-state index contributed by atoms with van der Waals surface area (Å²) >= 11 is 16.8. The Hall–Kier alpha value is -2.56. The first-order valence-corrected chi connectivity index (χ1v) is 13.7. The highest BCUT2D eigenvalue weighted by Crippen LogP contribution is 2.54. The molecule has 170 valence electrons. The molecule has 0 radical (unpaired) electrons. The zero-order chi connectivity index (χ0) is 23.7. The first kappa shape index (κ1) is 23.2. The number of nitrogens with zero attached hydrogens (tertiary/aromatic N) is 3. The van der Waals surface area contributed by atoms with Gasteiger partial charge >= 0.3 is 0 Å². The molecule has 0 bridgehead atoms. The quantitative estimate of drug-likeness (QED) is 0.200. The molecule has 3 aromatic carbocycles. The fourth-order valence-electron chi connectivity index (χ4n) is 3.81. The zero-order valence-corrected chi connectivity index (χ0v) is 22.1. The Balaban J connectivity index is 1.94. The summed E-state index contributed by atoms with van der Waals surface area (Å²) < 4.78 is 15.2. The van der Waals surface area contributed by atoms with Gasteiger partial charge in [-0.1, -0.05) is 69.5 Å². The highest BCUT2D eigenvalue weighted by Gasteiger charge is 2.34. The van der Waals surface area contributed by atoms with Gasteiger partial charge in [0.1, 0.15) is 22.5 Å². The molecule has 4 nitrogen and oxygen atoms in total. The molecule has 8 heteroatoms. The highest BCUT2D eigenvalue weighted by atomic mass is 79.9. The predicted molar refractivity (Wildman–Crippen MR) is 146 cm³/mol. The summed E-state index contributed by atoms with van der Waals surface area (Å²) in [6.45, 7) is 1.98. The Kier molecular flexibility index (Phi) is 6.54. The van der Waals surface area contributed by atoms with Gasteiger partial charge in [0.25, 0.3) is 0 Å². The number of hydrogen-bond donors (Lipinski definition) is 0. The average molecular weight is 571 g/mol. The minimum atomic E-state index is -3.01. The Morgan fingerprint density at radius 2 is 1.53 bits per heavy atom. The molecule has 0 spiro atoms. The number of rotatable bonds is 5. The Morgan fingerprint density at radius 3 is 2.24 bits per heavy atom. The third-order valence-corrected chi connectivity index (χ3v) is 9.50. The molecule has 2 aromatic heterocycles. The summed E-state index contributed by atoms with van der Waals surface area (Å²) in [5, 5.41) is 1.83. The molecule has 0 amide bonds. The van der Waals surface area contributed by atoms with E-state index in [1.54, 1.807) is 18.2 Å². The molecule has 0 saturated carbocycles. The lowest BCUT2D eigenvalue weighted by Gasteiger charge is -2.27. The number of hydrogen-bond acceptors (Lipinski definition) is 3. The van der Waals surface area contributed by atoms with Gasteiger partial charge in [-0.2, -0.15) is 0 Å². The van der Waals surface area contributed by atoms with Crippen LogP contribution in [-0.2, 0) is 0 Å². The average Bonchev–Trinajstić information content (AvgIpc) is 3.19. The SMILES string of the molecule is Cc1nc2ccccn2c1[P@@](=Nc1c(Cl)cccc1Cl)(Oc1ccc(Br)cc1)c1ccccc1. The van der Waals surface area contributed by atoms with Gasteiger partial charge in [0.2, 0.25) is 7.28 Å². The van der Waals surface area contributed by atoms with Crippen molar-refractivity contribution in [1.82, 2.24) is 9.38 Å². The van der Waals surface area contributed by atoms with Crippen molar-refractivity contribution >= 4 is 68.5 Å². The van der Waals surface area contributed by atoms with E-state index in [9.17, 15) is 0 Å². The van der Waals surface area contributed by atoms with Gasteiger partial charge in [-0.3, -0.25) is 4.40 Å². The van der Waals surface area contributed by atoms with E-state index < -0.39 is 7.28 Å². The van der Waals surface area contributed by atoms with E-state index in [4.69, 9.17) is 37.5 Å². The van der Waals surface area contributed by atoms with Gasteiger partial charge in [0.05, 0.1) is 15.7 Å². The topological polar surface area (TPSA) is 38.9 Å². The van der Waals surface area contributed by atoms with E-state index in [0.29, 0.717) is 21.5 Å². The van der Waals surface area contributed by atoms with Crippen LogP contribution in [0.2, 0.25) is 10.0 Å². The molecule has 0 saturated heterocycles. The Bertz CT molecular complexity index is 1520. The second-order valence-electron chi connectivity index (χ2n) is 7.58. The smallest absolute Gasteiger partial charge is 0.215 e. The third-order valence-electron chi connectivity index (χ3n) is 5.30. The first-order chi connectivity index (χ1) is 16.5. The maximum Gasteiger partial charge on any atom is 0.215 e. The standard InChI is InChI=1S/C26H19BrCl2N3OP/c1-18-26(32-17-6-5-12-24(32)30-18)34(21-8-3-2-4-9-21,33-20-15-13-19(27)14-16-20)31-25-22(28)10-7-11-23(25)29/h2-17H,1H3/t34-/m0/s1. The number of fused-ring (bicyclic) bond motifs is 1. The molecule has 1 atom stereocenters. The molecule has 0 aliphatic heterocycles. The largest absolute Gasteiger partial charge is 0.450 e. The number of pyridine rings is 1. The van der Waals surface area contributed by atoms with E-state index in [2.05, 4.69) is 15.9 Å². The second-order valence-corrected chi connectivity index (χ2v) is 11.8. The molecule has 2 heterocycles. The fraction of sp³-hybridized carbons (Fsp3) is 0.0385. The van der Waals surface area contributed by atoms with E-state index in [1.807, 2.05) is 90.3 Å². The van der Waals surface area contributed by atoms with Gasteiger partial charge < -0.3 is 4.52 Å². The lowest BCUT2D eigenvalue weighted by molar-refractivity contribution is 0.619. The number of imidazole rings is 1. The molecule has 0 fully saturated rings. The maximum atomic E-state index is 6.94. The molecule has 0 N–H and O–H groups in total. The van der Waals surface area contributed by atoms with Crippen LogP contribution in [0, 0.1) is 6.92 Å². The van der Waals surface area contributed by atoms with Crippen LogP contribution >= 0.6 is 46.4 Å². The Labute approximate surface area is 216 Å². The normalized spacial score (nSPS) is 12.9. The molecule has 5 rings (SSSR count). The Morgan fingerprint density at radius 1 is 0.853 bits per heavy atom. The van der Waals surface area contributed by atoms with Crippen LogP contribution in [0.1, 0.15) is 5.69 Å². The van der Waals surface area contributed by atoms with Crippen molar-refractivity contribution in [3.8, 4) is 5.75 Å². The van der Waals surface area contributed by atoms with Crippen LogP contribution in [0.25, 0.3) is 5.65 Å². The fourth-order valence-corrected chi connectivity index (χ4v) is 7.81. The summed E-state index contributed by atoms with van der Waals surface area (Å²) in [7, 11) is -3.01. The monoisotopic (exact) mass is 569 g/mol. The van der Waals surface area contributed by atoms with E-state index in [0.717, 1.165) is 26.6 Å². The van der Waals surface area contributed by atoms with Crippen LogP contribution in [0.3, 0.4) is 0 Å².